The van der Waals surface area contributed by atoms with E-state index in [0.29, 0.717) is 10.4 Å². The zero-order chi connectivity index (χ0) is 10.8. The molecule has 0 spiro atoms. The summed E-state index contributed by atoms with van der Waals surface area (Å²) in [7, 11) is 0. The summed E-state index contributed by atoms with van der Waals surface area (Å²) in [6.45, 7) is 4.45. The molecule has 15 heavy (non-hydrogen) atoms. The third-order valence-electron chi connectivity index (χ3n) is 2.55. The Hall–Kier alpha value is -0.810. The van der Waals surface area contributed by atoms with Crippen LogP contribution in [0.4, 0.5) is 0 Å². The number of nitrogens with zero attached hydrogens (tertiary/aromatic N) is 1. The van der Waals surface area contributed by atoms with E-state index >= 15 is 0 Å². The minimum Gasteiger partial charge on any atom is -0.444 e. The summed E-state index contributed by atoms with van der Waals surface area (Å²) < 4.78 is 5.84. The number of furan rings is 1. The smallest absolute Gasteiger partial charge is 0.289 e. The lowest BCUT2D eigenvalue weighted by atomic mass is 10.2. The van der Waals surface area contributed by atoms with Gasteiger partial charge >= 0.3 is 0 Å². The van der Waals surface area contributed by atoms with E-state index in [4.69, 9.17) is 4.42 Å². The van der Waals surface area contributed by atoms with Crippen LogP contribution in [0.15, 0.2) is 21.2 Å². The van der Waals surface area contributed by atoms with Gasteiger partial charge < -0.3 is 14.6 Å². The molecular weight excluding hydrogens is 260 g/mol. The second kappa shape index (κ2) is 4.37. The number of piperazine rings is 1. The molecule has 4 nitrogen and oxygen atoms in total. The van der Waals surface area contributed by atoms with Gasteiger partial charge in [0.15, 0.2) is 10.4 Å². The summed E-state index contributed by atoms with van der Waals surface area (Å²) in [5, 5.41) is 3.24. The van der Waals surface area contributed by atoms with Crippen LogP contribution in [-0.2, 0) is 0 Å². The van der Waals surface area contributed by atoms with E-state index in [0.717, 1.165) is 19.6 Å². The predicted octanol–water partition coefficient (Wildman–Crippen LogP) is 1.48. The molecule has 1 aromatic heterocycles. The van der Waals surface area contributed by atoms with Crippen LogP contribution >= 0.6 is 15.9 Å². The van der Waals surface area contributed by atoms with E-state index < -0.39 is 0 Å². The van der Waals surface area contributed by atoms with Gasteiger partial charge in [-0.25, -0.2) is 0 Å². The molecule has 0 radical (unpaired) electrons. The highest BCUT2D eigenvalue weighted by molar-refractivity contribution is 9.10. The Bertz CT molecular complexity index is 364. The largest absolute Gasteiger partial charge is 0.444 e. The first-order chi connectivity index (χ1) is 7.18. The summed E-state index contributed by atoms with van der Waals surface area (Å²) in [6.07, 6.45) is 0. The Kier molecular flexibility index (Phi) is 3.11. The van der Waals surface area contributed by atoms with Gasteiger partial charge in [-0.2, -0.15) is 0 Å². The van der Waals surface area contributed by atoms with Crippen molar-refractivity contribution in [3.63, 3.8) is 0 Å². The number of amides is 1. The molecule has 1 amide bonds. The minimum atomic E-state index is -0.0327. The average molecular weight is 273 g/mol. The lowest BCUT2D eigenvalue weighted by molar-refractivity contribution is 0.0622. The maximum atomic E-state index is 12.0. The third-order valence-corrected chi connectivity index (χ3v) is 2.97. The fourth-order valence-corrected chi connectivity index (χ4v) is 2.02. The highest BCUT2D eigenvalue weighted by Gasteiger charge is 2.25. The number of hydrogen-bond donors (Lipinski definition) is 1. The van der Waals surface area contributed by atoms with E-state index in [9.17, 15) is 4.79 Å². The molecule has 82 valence electrons. The maximum Gasteiger partial charge on any atom is 0.289 e. The molecule has 2 rings (SSSR count). The molecule has 1 aromatic rings. The topological polar surface area (TPSA) is 45.5 Å². The van der Waals surface area contributed by atoms with Gasteiger partial charge in [0.1, 0.15) is 0 Å². The maximum absolute atomic E-state index is 12.0. The molecule has 1 aliphatic heterocycles. The Morgan fingerprint density at radius 1 is 1.67 bits per heavy atom. The summed E-state index contributed by atoms with van der Waals surface area (Å²) in [5.41, 5.74) is 0. The fraction of sp³-hybridized carbons (Fsp3) is 0.500. The van der Waals surface area contributed by atoms with Gasteiger partial charge in [-0.3, -0.25) is 4.79 Å². The molecule has 0 bridgehead atoms. The third kappa shape index (κ3) is 2.23. The van der Waals surface area contributed by atoms with Gasteiger partial charge in [0.05, 0.1) is 0 Å². The molecule has 5 heteroatoms. The van der Waals surface area contributed by atoms with Crippen LogP contribution in [-0.4, -0.2) is 36.5 Å². The van der Waals surface area contributed by atoms with Crippen molar-refractivity contribution < 1.29 is 9.21 Å². The average Bonchev–Trinajstić information content (AvgIpc) is 2.65. The summed E-state index contributed by atoms with van der Waals surface area (Å²) in [6, 6.07) is 3.65. The van der Waals surface area contributed by atoms with E-state index in [-0.39, 0.29) is 11.9 Å². The molecular formula is C10H13BrN2O2. The SMILES string of the molecule is CC1CNCCN1C(=O)c1ccc(Br)o1. The minimum absolute atomic E-state index is 0.0327. The van der Waals surface area contributed by atoms with Crippen LogP contribution in [0, 0.1) is 0 Å². The lowest BCUT2D eigenvalue weighted by Gasteiger charge is -2.33. The van der Waals surface area contributed by atoms with E-state index in [2.05, 4.69) is 21.2 Å². The predicted molar refractivity (Wildman–Crippen MR) is 59.8 cm³/mol. The molecule has 1 atom stereocenters. The number of nitrogens with one attached hydrogen (secondary N) is 1. The first-order valence-corrected chi connectivity index (χ1v) is 5.75. The summed E-state index contributed by atoms with van der Waals surface area (Å²) >= 11 is 3.19. The zero-order valence-corrected chi connectivity index (χ0v) is 10.1. The zero-order valence-electron chi connectivity index (χ0n) is 8.50. The first-order valence-electron chi connectivity index (χ1n) is 4.95. The Labute approximate surface area is 96.7 Å². The van der Waals surface area contributed by atoms with Gasteiger partial charge in [0.2, 0.25) is 0 Å². The normalized spacial score (nSPS) is 21.7. The van der Waals surface area contributed by atoms with E-state index in [1.54, 1.807) is 12.1 Å². The highest BCUT2D eigenvalue weighted by Crippen LogP contribution is 2.17. The highest BCUT2D eigenvalue weighted by atomic mass is 79.9. The molecule has 0 aromatic carbocycles. The molecule has 1 fully saturated rings. The van der Waals surface area contributed by atoms with Crippen LogP contribution in [0.5, 0.6) is 0 Å². The van der Waals surface area contributed by atoms with Crippen molar-refractivity contribution in [3.8, 4) is 0 Å². The number of carbonyl (C=O) groups is 1. The van der Waals surface area contributed by atoms with Crippen molar-refractivity contribution in [1.82, 2.24) is 10.2 Å². The van der Waals surface area contributed by atoms with Crippen LogP contribution < -0.4 is 5.32 Å². The van der Waals surface area contributed by atoms with Gasteiger partial charge in [-0.1, -0.05) is 0 Å². The van der Waals surface area contributed by atoms with Crippen molar-refractivity contribution in [2.45, 2.75) is 13.0 Å². The Morgan fingerprint density at radius 2 is 2.47 bits per heavy atom. The second-order valence-electron chi connectivity index (χ2n) is 3.66. The molecule has 1 N–H and O–H groups in total. The molecule has 1 saturated heterocycles. The van der Waals surface area contributed by atoms with Crippen LogP contribution in [0.2, 0.25) is 0 Å². The lowest BCUT2D eigenvalue weighted by Crippen LogP contribution is -2.52. The molecule has 1 unspecified atom stereocenters. The van der Waals surface area contributed by atoms with Crippen LogP contribution in [0.1, 0.15) is 17.5 Å². The van der Waals surface area contributed by atoms with E-state index in [1.807, 2.05) is 11.8 Å². The van der Waals surface area contributed by atoms with Crippen molar-refractivity contribution in [2.24, 2.45) is 0 Å². The summed E-state index contributed by atoms with van der Waals surface area (Å²) in [4.78, 5) is 13.8. The van der Waals surface area contributed by atoms with Gasteiger partial charge in [-0.15, -0.1) is 0 Å². The number of carbonyl (C=O) groups excluding carboxylic acids is 1. The standard InChI is InChI=1S/C10H13BrN2O2/c1-7-6-12-4-5-13(7)10(14)8-2-3-9(11)15-8/h2-3,7,12H,4-6H2,1H3. The Morgan fingerprint density at radius 3 is 3.07 bits per heavy atom. The van der Waals surface area contributed by atoms with Gasteiger partial charge in [0, 0.05) is 25.7 Å². The van der Waals surface area contributed by atoms with Crippen LogP contribution in [0.3, 0.4) is 0 Å². The molecule has 1 aliphatic rings. The monoisotopic (exact) mass is 272 g/mol. The van der Waals surface area contributed by atoms with E-state index in [1.165, 1.54) is 0 Å². The first kappa shape index (κ1) is 10.7. The van der Waals surface area contributed by atoms with Gasteiger partial charge in [-0.05, 0) is 35.0 Å². The number of rotatable bonds is 1. The number of hydrogen-bond acceptors (Lipinski definition) is 3. The van der Waals surface area contributed by atoms with Gasteiger partial charge in [0.25, 0.3) is 5.91 Å². The molecule has 2 heterocycles. The Balaban J connectivity index is 2.13. The van der Waals surface area contributed by atoms with Crippen molar-refractivity contribution in [1.29, 1.82) is 0 Å². The summed E-state index contributed by atoms with van der Waals surface area (Å²) in [5.74, 6) is 0.366. The quantitative estimate of drug-likeness (QED) is 0.843. The van der Waals surface area contributed by atoms with Crippen molar-refractivity contribution >= 4 is 21.8 Å². The molecule has 0 aliphatic carbocycles. The second-order valence-corrected chi connectivity index (χ2v) is 4.44. The van der Waals surface area contributed by atoms with Crippen molar-refractivity contribution in [2.75, 3.05) is 19.6 Å². The fourth-order valence-electron chi connectivity index (χ4n) is 1.71. The molecule has 0 saturated carbocycles. The van der Waals surface area contributed by atoms with Crippen LogP contribution in [0.25, 0.3) is 0 Å². The van der Waals surface area contributed by atoms with Crippen molar-refractivity contribution in [3.05, 3.63) is 22.6 Å². The number of halogens is 1.